The molecule has 3 nitrogen and oxygen atoms in total. The van der Waals surface area contributed by atoms with E-state index in [-0.39, 0.29) is 5.91 Å². The molecule has 1 amide bonds. The number of benzene rings is 1. The molecule has 1 aliphatic heterocycles. The Labute approximate surface area is 94.7 Å². The van der Waals surface area contributed by atoms with Crippen molar-refractivity contribution in [2.24, 2.45) is 5.92 Å². The number of hydrogen-bond acceptors (Lipinski definition) is 3. The zero-order valence-electron chi connectivity index (χ0n) is 8.39. The third kappa shape index (κ3) is 2.09. The molecule has 0 radical (unpaired) electrons. The van der Waals surface area contributed by atoms with Crippen molar-refractivity contribution >= 4 is 29.9 Å². The number of nitrogen functional groups attached to an aromatic ring is 1. The average Bonchev–Trinajstić information content (AvgIpc) is 2.61. The van der Waals surface area contributed by atoms with Crippen LogP contribution in [0.3, 0.4) is 0 Å². The van der Waals surface area contributed by atoms with Gasteiger partial charge in [0.2, 0.25) is 5.91 Å². The van der Waals surface area contributed by atoms with Crippen molar-refractivity contribution in [2.45, 2.75) is 6.42 Å². The van der Waals surface area contributed by atoms with Crippen molar-refractivity contribution in [3.05, 3.63) is 24.3 Å². The standard InChI is InChI=1S/C11H14N2OS/c12-9-1-3-10(4-2-9)13-6-8(7-15)5-11(13)14/h1-4,8,15H,5-7,12H2. The number of carbonyl (C=O) groups is 1. The number of rotatable bonds is 2. The lowest BCUT2D eigenvalue weighted by molar-refractivity contribution is -0.117. The van der Waals surface area contributed by atoms with Crippen molar-refractivity contribution in [1.29, 1.82) is 0 Å². The summed E-state index contributed by atoms with van der Waals surface area (Å²) in [7, 11) is 0. The molecule has 2 rings (SSSR count). The van der Waals surface area contributed by atoms with Gasteiger partial charge in [-0.25, -0.2) is 0 Å². The van der Waals surface area contributed by atoms with Gasteiger partial charge in [0, 0.05) is 24.3 Å². The second-order valence-electron chi connectivity index (χ2n) is 3.85. The van der Waals surface area contributed by atoms with E-state index in [2.05, 4.69) is 12.6 Å². The predicted molar refractivity (Wildman–Crippen MR) is 65.2 cm³/mol. The molecule has 1 unspecified atom stereocenters. The van der Waals surface area contributed by atoms with Gasteiger partial charge in [-0.1, -0.05) is 0 Å². The molecule has 0 aliphatic carbocycles. The molecule has 1 aliphatic rings. The molecule has 80 valence electrons. The Balaban J connectivity index is 2.18. The van der Waals surface area contributed by atoms with Crippen LogP contribution in [0.1, 0.15) is 6.42 Å². The van der Waals surface area contributed by atoms with E-state index in [1.807, 2.05) is 24.3 Å². The van der Waals surface area contributed by atoms with E-state index >= 15 is 0 Å². The van der Waals surface area contributed by atoms with Gasteiger partial charge in [-0.2, -0.15) is 12.6 Å². The van der Waals surface area contributed by atoms with Gasteiger partial charge in [-0.15, -0.1) is 0 Å². The van der Waals surface area contributed by atoms with Crippen LogP contribution < -0.4 is 10.6 Å². The fraction of sp³-hybridized carbons (Fsp3) is 0.364. The van der Waals surface area contributed by atoms with Gasteiger partial charge in [0.15, 0.2) is 0 Å². The fourth-order valence-corrected chi connectivity index (χ4v) is 2.05. The summed E-state index contributed by atoms with van der Waals surface area (Å²) in [6.45, 7) is 0.770. The first-order chi connectivity index (χ1) is 7.20. The van der Waals surface area contributed by atoms with E-state index in [9.17, 15) is 4.79 Å². The Bertz CT molecular complexity index is 363. The molecule has 0 spiro atoms. The lowest BCUT2D eigenvalue weighted by Gasteiger charge is -2.16. The lowest BCUT2D eigenvalue weighted by Crippen LogP contribution is -2.24. The van der Waals surface area contributed by atoms with E-state index in [4.69, 9.17) is 5.73 Å². The normalized spacial score (nSPS) is 21.0. The SMILES string of the molecule is Nc1ccc(N2CC(CS)CC2=O)cc1. The zero-order valence-corrected chi connectivity index (χ0v) is 9.28. The van der Waals surface area contributed by atoms with Gasteiger partial charge in [-0.05, 0) is 35.9 Å². The molecule has 4 heteroatoms. The lowest BCUT2D eigenvalue weighted by atomic mass is 10.1. The van der Waals surface area contributed by atoms with Crippen molar-refractivity contribution in [3.63, 3.8) is 0 Å². The number of carbonyl (C=O) groups excluding carboxylic acids is 1. The Hall–Kier alpha value is -1.16. The monoisotopic (exact) mass is 222 g/mol. The van der Waals surface area contributed by atoms with E-state index < -0.39 is 0 Å². The molecule has 0 aromatic heterocycles. The van der Waals surface area contributed by atoms with Crippen molar-refractivity contribution in [2.75, 3.05) is 22.9 Å². The van der Waals surface area contributed by atoms with Crippen molar-refractivity contribution in [3.8, 4) is 0 Å². The molecule has 2 N–H and O–H groups in total. The average molecular weight is 222 g/mol. The topological polar surface area (TPSA) is 46.3 Å². The van der Waals surface area contributed by atoms with Crippen molar-refractivity contribution in [1.82, 2.24) is 0 Å². The fourth-order valence-electron chi connectivity index (χ4n) is 1.81. The molecule has 1 fully saturated rings. The maximum absolute atomic E-state index is 11.7. The third-order valence-electron chi connectivity index (χ3n) is 2.67. The first kappa shape index (κ1) is 10.4. The van der Waals surface area contributed by atoms with Gasteiger partial charge < -0.3 is 10.6 Å². The van der Waals surface area contributed by atoms with E-state index in [0.29, 0.717) is 12.3 Å². The predicted octanol–water partition coefficient (Wildman–Crippen LogP) is 1.55. The second kappa shape index (κ2) is 4.14. The van der Waals surface area contributed by atoms with Crippen LogP contribution in [0.5, 0.6) is 0 Å². The highest BCUT2D eigenvalue weighted by Gasteiger charge is 2.29. The Morgan fingerprint density at radius 2 is 2.07 bits per heavy atom. The van der Waals surface area contributed by atoms with Crippen LogP contribution in [0.15, 0.2) is 24.3 Å². The molecule has 1 saturated heterocycles. The van der Waals surface area contributed by atoms with Crippen LogP contribution in [0, 0.1) is 5.92 Å². The maximum atomic E-state index is 11.7. The molecule has 0 saturated carbocycles. The molecule has 1 atom stereocenters. The summed E-state index contributed by atoms with van der Waals surface area (Å²) >= 11 is 4.23. The van der Waals surface area contributed by atoms with E-state index in [1.54, 1.807) is 4.90 Å². The number of thiol groups is 1. The smallest absolute Gasteiger partial charge is 0.227 e. The first-order valence-electron chi connectivity index (χ1n) is 4.97. The highest BCUT2D eigenvalue weighted by atomic mass is 32.1. The van der Waals surface area contributed by atoms with Crippen LogP contribution in [0.25, 0.3) is 0 Å². The zero-order chi connectivity index (χ0) is 10.8. The summed E-state index contributed by atoms with van der Waals surface area (Å²) in [4.78, 5) is 13.5. The minimum absolute atomic E-state index is 0.179. The third-order valence-corrected chi connectivity index (χ3v) is 3.18. The minimum atomic E-state index is 0.179. The number of nitrogens with two attached hydrogens (primary N) is 1. The molecule has 1 heterocycles. The molecular weight excluding hydrogens is 208 g/mol. The highest BCUT2D eigenvalue weighted by Crippen LogP contribution is 2.26. The largest absolute Gasteiger partial charge is 0.399 e. The molecular formula is C11H14N2OS. The van der Waals surface area contributed by atoms with Gasteiger partial charge in [0.25, 0.3) is 0 Å². The number of amides is 1. The van der Waals surface area contributed by atoms with E-state index in [0.717, 1.165) is 23.7 Å². The Morgan fingerprint density at radius 1 is 1.40 bits per heavy atom. The van der Waals surface area contributed by atoms with Crippen LogP contribution in [0.4, 0.5) is 11.4 Å². The summed E-state index contributed by atoms with van der Waals surface area (Å²) in [6.07, 6.45) is 0.605. The number of anilines is 2. The number of hydrogen-bond donors (Lipinski definition) is 2. The maximum Gasteiger partial charge on any atom is 0.227 e. The van der Waals surface area contributed by atoms with Gasteiger partial charge >= 0.3 is 0 Å². The molecule has 15 heavy (non-hydrogen) atoms. The first-order valence-corrected chi connectivity index (χ1v) is 5.60. The van der Waals surface area contributed by atoms with Gasteiger partial charge in [0.05, 0.1) is 0 Å². The number of nitrogens with zero attached hydrogens (tertiary/aromatic N) is 1. The summed E-state index contributed by atoms with van der Waals surface area (Å²) < 4.78 is 0. The summed E-state index contributed by atoms with van der Waals surface area (Å²) in [6, 6.07) is 7.40. The van der Waals surface area contributed by atoms with Crippen molar-refractivity contribution < 1.29 is 4.79 Å². The highest BCUT2D eigenvalue weighted by molar-refractivity contribution is 7.80. The molecule has 0 bridgehead atoms. The van der Waals surface area contributed by atoms with Gasteiger partial charge in [0.1, 0.15) is 0 Å². The van der Waals surface area contributed by atoms with Crippen LogP contribution in [-0.4, -0.2) is 18.2 Å². The molecule has 1 aromatic carbocycles. The second-order valence-corrected chi connectivity index (χ2v) is 4.21. The Kier molecular flexibility index (Phi) is 2.86. The van der Waals surface area contributed by atoms with Crippen LogP contribution in [-0.2, 0) is 4.79 Å². The Morgan fingerprint density at radius 3 is 2.60 bits per heavy atom. The summed E-state index contributed by atoms with van der Waals surface area (Å²) in [5, 5.41) is 0. The molecule has 1 aromatic rings. The van der Waals surface area contributed by atoms with E-state index in [1.165, 1.54) is 0 Å². The summed E-state index contributed by atoms with van der Waals surface area (Å²) in [5.41, 5.74) is 7.25. The quantitative estimate of drug-likeness (QED) is 0.589. The van der Waals surface area contributed by atoms with Crippen LogP contribution >= 0.6 is 12.6 Å². The minimum Gasteiger partial charge on any atom is -0.399 e. The van der Waals surface area contributed by atoms with Gasteiger partial charge in [-0.3, -0.25) is 4.79 Å². The summed E-state index contributed by atoms with van der Waals surface area (Å²) in [5.74, 6) is 1.31. The van der Waals surface area contributed by atoms with Crippen LogP contribution in [0.2, 0.25) is 0 Å².